The van der Waals surface area contributed by atoms with Crippen molar-refractivity contribution < 1.29 is 17.9 Å². The highest BCUT2D eigenvalue weighted by molar-refractivity contribution is 7.89. The van der Waals surface area contributed by atoms with Crippen LogP contribution in [0.3, 0.4) is 0 Å². The number of carbonyl (C=O) groups excluding carboxylic acids is 1. The standard InChI is InChI=1S/C25H22N4O5S/c30-24(26-18-7-6-10-20(17-18)35(32,33)28-13-15-34-16-14-28)23-21-11-4-5-12-22(21)25(31)29(27-23)19-8-2-1-3-9-19/h1-12,17H,13-16H2,(H,26,30). The highest BCUT2D eigenvalue weighted by Crippen LogP contribution is 2.22. The number of anilines is 1. The summed E-state index contributed by atoms with van der Waals surface area (Å²) in [4.78, 5) is 26.4. The molecule has 1 fully saturated rings. The molecule has 0 aliphatic carbocycles. The molecule has 0 saturated carbocycles. The van der Waals surface area contributed by atoms with E-state index in [-0.39, 0.29) is 29.2 Å². The van der Waals surface area contributed by atoms with E-state index in [2.05, 4.69) is 10.4 Å². The van der Waals surface area contributed by atoms with E-state index >= 15 is 0 Å². The van der Waals surface area contributed by atoms with E-state index in [0.29, 0.717) is 35.4 Å². The second-order valence-electron chi connectivity index (χ2n) is 7.95. The second-order valence-corrected chi connectivity index (χ2v) is 9.88. The summed E-state index contributed by atoms with van der Waals surface area (Å²) in [6.07, 6.45) is 0. The van der Waals surface area contributed by atoms with Crippen molar-refractivity contribution in [3.8, 4) is 5.69 Å². The third-order valence-corrected chi connectivity index (χ3v) is 7.62. The molecular weight excluding hydrogens is 468 g/mol. The Hall–Kier alpha value is -3.86. The summed E-state index contributed by atoms with van der Waals surface area (Å²) in [5.74, 6) is -0.563. The highest BCUT2D eigenvalue weighted by atomic mass is 32.2. The third-order valence-electron chi connectivity index (χ3n) is 5.72. The number of nitrogens with one attached hydrogen (secondary N) is 1. The van der Waals surface area contributed by atoms with E-state index in [0.717, 1.165) is 0 Å². The van der Waals surface area contributed by atoms with Crippen LogP contribution in [0.2, 0.25) is 0 Å². The minimum absolute atomic E-state index is 0.0468. The Bertz CT molecular complexity index is 1560. The summed E-state index contributed by atoms with van der Waals surface area (Å²) in [5, 5.41) is 7.85. The van der Waals surface area contributed by atoms with Crippen LogP contribution in [0.25, 0.3) is 16.5 Å². The van der Waals surface area contributed by atoms with E-state index in [1.54, 1.807) is 60.7 Å². The molecule has 1 aromatic heterocycles. The van der Waals surface area contributed by atoms with E-state index in [4.69, 9.17) is 4.74 Å². The number of nitrogens with zero attached hydrogens (tertiary/aromatic N) is 3. The molecule has 10 heteroatoms. The second kappa shape index (κ2) is 9.41. The molecule has 9 nitrogen and oxygen atoms in total. The molecule has 4 aromatic rings. The van der Waals surface area contributed by atoms with Crippen LogP contribution in [-0.4, -0.2) is 54.7 Å². The number of hydrogen-bond donors (Lipinski definition) is 1. The van der Waals surface area contributed by atoms with Gasteiger partial charge in [0.25, 0.3) is 11.5 Å². The van der Waals surface area contributed by atoms with E-state index < -0.39 is 15.9 Å². The van der Waals surface area contributed by atoms with Gasteiger partial charge in [0.1, 0.15) is 0 Å². The fourth-order valence-corrected chi connectivity index (χ4v) is 5.42. The van der Waals surface area contributed by atoms with Gasteiger partial charge in [0.15, 0.2) is 5.69 Å². The molecule has 0 spiro atoms. The molecule has 0 atom stereocenters. The largest absolute Gasteiger partial charge is 0.379 e. The van der Waals surface area contributed by atoms with Gasteiger partial charge in [-0.1, -0.05) is 42.5 Å². The van der Waals surface area contributed by atoms with Crippen LogP contribution in [0.15, 0.2) is 88.6 Å². The molecular formula is C25H22N4O5S. The predicted molar refractivity (Wildman–Crippen MR) is 131 cm³/mol. The van der Waals surface area contributed by atoms with Gasteiger partial charge in [0, 0.05) is 24.2 Å². The van der Waals surface area contributed by atoms with Crippen molar-refractivity contribution in [1.82, 2.24) is 14.1 Å². The van der Waals surface area contributed by atoms with Crippen LogP contribution >= 0.6 is 0 Å². The van der Waals surface area contributed by atoms with E-state index in [1.165, 1.54) is 21.1 Å². The summed E-state index contributed by atoms with van der Waals surface area (Å²) in [5.41, 5.74) is 0.524. The number of benzene rings is 3. The Morgan fingerprint density at radius 2 is 1.57 bits per heavy atom. The molecule has 5 rings (SSSR count). The first-order valence-corrected chi connectivity index (χ1v) is 12.5. The molecule has 0 unspecified atom stereocenters. The number of sulfonamides is 1. The Kier molecular flexibility index (Phi) is 6.16. The lowest BCUT2D eigenvalue weighted by Crippen LogP contribution is -2.40. The van der Waals surface area contributed by atoms with E-state index in [1.807, 2.05) is 6.07 Å². The fraction of sp³-hybridized carbons (Fsp3) is 0.160. The van der Waals surface area contributed by atoms with Gasteiger partial charge in [-0.05, 0) is 36.4 Å². The number of carbonyl (C=O) groups is 1. The van der Waals surface area contributed by atoms with Crippen molar-refractivity contribution in [2.24, 2.45) is 0 Å². The molecule has 178 valence electrons. The van der Waals surface area contributed by atoms with Gasteiger partial charge in [-0.25, -0.2) is 8.42 Å². The van der Waals surface area contributed by atoms with Gasteiger partial charge in [-0.3, -0.25) is 9.59 Å². The van der Waals surface area contributed by atoms with Gasteiger partial charge in [0.05, 0.1) is 29.2 Å². The van der Waals surface area contributed by atoms with Crippen LogP contribution in [0, 0.1) is 0 Å². The molecule has 1 N–H and O–H groups in total. The zero-order valence-corrected chi connectivity index (χ0v) is 19.4. The fourth-order valence-electron chi connectivity index (χ4n) is 3.96. The van der Waals surface area contributed by atoms with Crippen molar-refractivity contribution in [3.05, 3.63) is 94.9 Å². The normalized spacial score (nSPS) is 14.6. The quantitative estimate of drug-likeness (QED) is 0.461. The maximum absolute atomic E-state index is 13.3. The average molecular weight is 491 g/mol. The average Bonchev–Trinajstić information content (AvgIpc) is 2.90. The molecule has 0 bridgehead atoms. The van der Waals surface area contributed by atoms with Gasteiger partial charge < -0.3 is 10.1 Å². The smallest absolute Gasteiger partial charge is 0.279 e. The summed E-state index contributed by atoms with van der Waals surface area (Å²) in [6, 6.07) is 21.7. The number of para-hydroxylation sites is 1. The monoisotopic (exact) mass is 490 g/mol. The number of hydrogen-bond acceptors (Lipinski definition) is 6. The van der Waals surface area contributed by atoms with Gasteiger partial charge in [-0.2, -0.15) is 14.1 Å². The summed E-state index contributed by atoms with van der Waals surface area (Å²) in [6.45, 7) is 1.22. The van der Waals surface area contributed by atoms with Crippen molar-refractivity contribution in [3.63, 3.8) is 0 Å². The Morgan fingerprint density at radius 1 is 0.886 bits per heavy atom. The van der Waals surface area contributed by atoms with Gasteiger partial charge in [-0.15, -0.1) is 0 Å². The zero-order chi connectivity index (χ0) is 24.4. The van der Waals surface area contributed by atoms with Crippen molar-refractivity contribution in [1.29, 1.82) is 0 Å². The lowest BCUT2D eigenvalue weighted by atomic mass is 10.1. The van der Waals surface area contributed by atoms with Crippen LogP contribution in [0.1, 0.15) is 10.5 Å². The Balaban J connectivity index is 1.52. The highest BCUT2D eigenvalue weighted by Gasteiger charge is 2.27. The third kappa shape index (κ3) is 4.46. The van der Waals surface area contributed by atoms with Crippen molar-refractivity contribution in [2.45, 2.75) is 4.90 Å². The Labute approximate surface area is 201 Å². The van der Waals surface area contributed by atoms with Crippen LogP contribution in [-0.2, 0) is 14.8 Å². The molecule has 0 radical (unpaired) electrons. The minimum Gasteiger partial charge on any atom is -0.379 e. The minimum atomic E-state index is -3.73. The lowest BCUT2D eigenvalue weighted by Gasteiger charge is -2.26. The van der Waals surface area contributed by atoms with Crippen molar-refractivity contribution in [2.75, 3.05) is 31.6 Å². The first kappa shape index (κ1) is 22.9. The lowest BCUT2D eigenvalue weighted by molar-refractivity contribution is 0.0730. The summed E-state index contributed by atoms with van der Waals surface area (Å²) < 4.78 is 33.8. The Morgan fingerprint density at radius 3 is 2.31 bits per heavy atom. The number of ether oxygens (including phenoxy) is 1. The van der Waals surface area contributed by atoms with Crippen LogP contribution in [0.4, 0.5) is 5.69 Å². The van der Waals surface area contributed by atoms with Gasteiger partial charge >= 0.3 is 0 Å². The predicted octanol–water partition coefficient (Wildman–Crippen LogP) is 2.66. The zero-order valence-electron chi connectivity index (χ0n) is 18.6. The first-order valence-electron chi connectivity index (χ1n) is 11.0. The molecule has 3 aromatic carbocycles. The SMILES string of the molecule is O=C(Nc1cccc(S(=O)(=O)N2CCOCC2)c1)c1nn(-c2ccccc2)c(=O)c2ccccc12. The number of aromatic nitrogens is 2. The number of amides is 1. The van der Waals surface area contributed by atoms with E-state index in [9.17, 15) is 18.0 Å². The summed E-state index contributed by atoms with van der Waals surface area (Å²) >= 11 is 0. The van der Waals surface area contributed by atoms with Crippen LogP contribution in [0.5, 0.6) is 0 Å². The number of morpholine rings is 1. The number of rotatable bonds is 5. The summed E-state index contributed by atoms with van der Waals surface area (Å²) in [7, 11) is -3.73. The molecule has 1 aliphatic heterocycles. The van der Waals surface area contributed by atoms with Gasteiger partial charge in [0.2, 0.25) is 10.0 Å². The molecule has 1 aliphatic rings. The maximum atomic E-state index is 13.3. The molecule has 1 saturated heterocycles. The van der Waals surface area contributed by atoms with Crippen LogP contribution < -0.4 is 10.9 Å². The topological polar surface area (TPSA) is 111 Å². The maximum Gasteiger partial charge on any atom is 0.279 e. The molecule has 1 amide bonds. The van der Waals surface area contributed by atoms with Crippen molar-refractivity contribution >= 4 is 32.4 Å². The number of fused-ring (bicyclic) bond motifs is 1. The first-order chi connectivity index (χ1) is 16.9. The molecule has 35 heavy (non-hydrogen) atoms. The molecule has 2 heterocycles.